The van der Waals surface area contributed by atoms with E-state index in [-0.39, 0.29) is 22.4 Å². The number of benzene rings is 3. The number of halogens is 3. The molecule has 0 bridgehead atoms. The normalized spacial score (nSPS) is 15.2. The van der Waals surface area contributed by atoms with Crippen molar-refractivity contribution >= 4 is 52.7 Å². The summed E-state index contributed by atoms with van der Waals surface area (Å²) in [5.41, 5.74) is 3.04. The topological polar surface area (TPSA) is 85.2 Å². The lowest BCUT2D eigenvalue weighted by molar-refractivity contribution is -0.118. The van der Waals surface area contributed by atoms with Crippen molar-refractivity contribution in [2.75, 3.05) is 13.2 Å². The molecule has 1 atom stereocenters. The summed E-state index contributed by atoms with van der Waals surface area (Å²) in [6.45, 7) is 0.985. The van der Waals surface area contributed by atoms with Gasteiger partial charge in [0.2, 0.25) is 0 Å². The molecule has 1 unspecified atom stereocenters. The quantitative estimate of drug-likeness (QED) is 0.226. The van der Waals surface area contributed by atoms with Crippen LogP contribution in [0.4, 0.5) is 0 Å². The highest BCUT2D eigenvalue weighted by atomic mass is 35.5. The number of ether oxygens (including phenoxy) is 1. The number of hydrogen-bond acceptors (Lipinski definition) is 4. The van der Waals surface area contributed by atoms with E-state index in [1.54, 1.807) is 35.2 Å². The van der Waals surface area contributed by atoms with Crippen molar-refractivity contribution in [1.82, 2.24) is 20.4 Å². The Balaban J connectivity index is 1.54. The largest absolute Gasteiger partial charge is 0.376 e. The Hall–Kier alpha value is -3.62. The molecule has 1 aliphatic heterocycles. The van der Waals surface area contributed by atoms with Gasteiger partial charge >= 0.3 is 0 Å². The predicted octanol–water partition coefficient (Wildman–Crippen LogP) is 6.57. The summed E-state index contributed by atoms with van der Waals surface area (Å²) in [7, 11) is 0. The second-order valence-corrected chi connectivity index (χ2v) is 10.5. The number of hydrogen-bond donors (Lipinski definition) is 2. The van der Waals surface area contributed by atoms with E-state index in [2.05, 4.69) is 10.6 Å². The first-order valence-electron chi connectivity index (χ1n) is 12.7. The van der Waals surface area contributed by atoms with Crippen LogP contribution in [0, 0.1) is 0 Å². The van der Waals surface area contributed by atoms with E-state index in [0.29, 0.717) is 34.5 Å². The summed E-state index contributed by atoms with van der Waals surface area (Å²) in [5.74, 6) is -1.02. The maximum Gasteiger partial charge on any atom is 0.267 e. The lowest BCUT2D eigenvalue weighted by Crippen LogP contribution is -2.38. The number of para-hydroxylation sites is 1. The van der Waals surface area contributed by atoms with Gasteiger partial charge in [0.25, 0.3) is 11.8 Å². The Morgan fingerprint density at radius 3 is 2.45 bits per heavy atom. The van der Waals surface area contributed by atoms with E-state index in [1.165, 1.54) is 12.1 Å². The third-order valence-corrected chi connectivity index (χ3v) is 7.16. The molecule has 3 aromatic carbocycles. The van der Waals surface area contributed by atoms with E-state index >= 15 is 0 Å². The fourth-order valence-corrected chi connectivity index (χ4v) is 4.94. The van der Waals surface area contributed by atoms with Gasteiger partial charge in [0, 0.05) is 40.5 Å². The Kier molecular flexibility index (Phi) is 8.87. The molecule has 1 aliphatic rings. The first-order valence-corrected chi connectivity index (χ1v) is 13.8. The van der Waals surface area contributed by atoms with E-state index < -0.39 is 11.8 Å². The summed E-state index contributed by atoms with van der Waals surface area (Å²) in [5, 5.41) is 11.6. The number of carbonyl (C=O) groups excluding carboxylic acids is 2. The molecule has 2 N–H and O–H groups in total. The molecule has 0 spiro atoms. The van der Waals surface area contributed by atoms with Crippen LogP contribution in [-0.4, -0.2) is 40.9 Å². The smallest absolute Gasteiger partial charge is 0.267 e. The molecular weight excluding hydrogens is 571 g/mol. The van der Waals surface area contributed by atoms with Gasteiger partial charge in [-0.05, 0) is 61.4 Å². The van der Waals surface area contributed by atoms with Crippen molar-refractivity contribution in [3.63, 3.8) is 0 Å². The van der Waals surface area contributed by atoms with Crippen LogP contribution in [0.5, 0.6) is 0 Å². The first-order chi connectivity index (χ1) is 19.4. The molecule has 4 aromatic rings. The lowest BCUT2D eigenvalue weighted by Gasteiger charge is -2.14. The van der Waals surface area contributed by atoms with Gasteiger partial charge < -0.3 is 15.4 Å². The minimum absolute atomic E-state index is 0.0249. The second-order valence-electron chi connectivity index (χ2n) is 9.20. The first kappa shape index (κ1) is 27.9. The molecule has 5 rings (SSSR count). The summed E-state index contributed by atoms with van der Waals surface area (Å²) >= 11 is 18.4. The summed E-state index contributed by atoms with van der Waals surface area (Å²) in [6.07, 6.45) is 5.13. The summed E-state index contributed by atoms with van der Waals surface area (Å²) in [6, 6.07) is 21.4. The fourth-order valence-electron chi connectivity index (χ4n) is 4.32. The van der Waals surface area contributed by atoms with Gasteiger partial charge in [-0.25, -0.2) is 4.68 Å². The van der Waals surface area contributed by atoms with Crippen molar-refractivity contribution in [1.29, 1.82) is 0 Å². The highest BCUT2D eigenvalue weighted by Gasteiger charge is 2.22. The highest BCUT2D eigenvalue weighted by molar-refractivity contribution is 6.36. The average Bonchev–Trinajstić information content (AvgIpc) is 3.63. The van der Waals surface area contributed by atoms with Gasteiger partial charge in [0.05, 0.1) is 22.4 Å². The van der Waals surface area contributed by atoms with Crippen molar-refractivity contribution < 1.29 is 14.3 Å². The molecule has 0 radical (unpaired) electrons. The van der Waals surface area contributed by atoms with Gasteiger partial charge in [-0.1, -0.05) is 65.1 Å². The minimum Gasteiger partial charge on any atom is -0.376 e. The van der Waals surface area contributed by atoms with Crippen LogP contribution in [-0.2, 0) is 9.53 Å². The number of aromatic nitrogens is 2. The van der Waals surface area contributed by atoms with Crippen LogP contribution in [0.25, 0.3) is 23.0 Å². The van der Waals surface area contributed by atoms with Crippen LogP contribution < -0.4 is 10.6 Å². The number of carbonyl (C=O) groups is 2. The minimum atomic E-state index is -0.552. The average molecular weight is 596 g/mol. The molecule has 1 saturated heterocycles. The predicted molar refractivity (Wildman–Crippen MR) is 158 cm³/mol. The van der Waals surface area contributed by atoms with E-state index in [9.17, 15) is 9.59 Å². The molecule has 0 saturated carbocycles. The Labute approximate surface area is 246 Å². The molecule has 7 nitrogen and oxygen atoms in total. The fraction of sp³-hybridized carbons (Fsp3) is 0.167. The molecule has 1 fully saturated rings. The Morgan fingerprint density at radius 2 is 1.75 bits per heavy atom. The SMILES string of the molecule is O=C(NCC1CCCO1)C(=Cc1cn(-c2ccccc2)nc1-c1ccc(Cl)cc1)NC(=O)c1ccc(Cl)cc1Cl. The second kappa shape index (κ2) is 12.7. The molecule has 204 valence electrons. The van der Waals surface area contributed by atoms with Crippen LogP contribution in [0.3, 0.4) is 0 Å². The number of nitrogens with one attached hydrogen (secondary N) is 2. The zero-order valence-electron chi connectivity index (χ0n) is 21.2. The summed E-state index contributed by atoms with van der Waals surface area (Å²) < 4.78 is 7.36. The number of nitrogens with zero attached hydrogens (tertiary/aromatic N) is 2. The van der Waals surface area contributed by atoms with Gasteiger partial charge in [0.15, 0.2) is 0 Å². The van der Waals surface area contributed by atoms with Crippen molar-refractivity contribution in [2.24, 2.45) is 0 Å². The maximum atomic E-state index is 13.4. The zero-order chi connectivity index (χ0) is 28.1. The van der Waals surface area contributed by atoms with Crippen LogP contribution in [0.1, 0.15) is 28.8 Å². The van der Waals surface area contributed by atoms with Crippen LogP contribution in [0.15, 0.2) is 84.7 Å². The third kappa shape index (κ3) is 6.74. The van der Waals surface area contributed by atoms with Crippen LogP contribution in [0.2, 0.25) is 15.1 Å². The molecule has 40 heavy (non-hydrogen) atoms. The Morgan fingerprint density at radius 1 is 1.00 bits per heavy atom. The van der Waals surface area contributed by atoms with E-state index in [1.807, 2.05) is 42.5 Å². The Bertz CT molecular complexity index is 1550. The van der Waals surface area contributed by atoms with Crippen LogP contribution >= 0.6 is 34.8 Å². The molecule has 0 aliphatic carbocycles. The number of rotatable bonds is 8. The van der Waals surface area contributed by atoms with Crippen molar-refractivity contribution in [2.45, 2.75) is 18.9 Å². The molecule has 10 heteroatoms. The monoisotopic (exact) mass is 594 g/mol. The van der Waals surface area contributed by atoms with Crippen molar-refractivity contribution in [3.8, 4) is 16.9 Å². The standard InChI is InChI=1S/C30H25Cl3N4O3/c31-21-10-8-19(9-11-21)28-20(18-37(36-28)23-5-2-1-3-6-23)15-27(30(39)34-17-24-7-4-14-40-24)35-29(38)25-13-12-22(32)16-26(25)33/h1-3,5-6,8-13,15-16,18,24H,4,7,14,17H2,(H,34,39)(H,35,38). The van der Waals surface area contributed by atoms with E-state index in [4.69, 9.17) is 44.6 Å². The molecule has 1 aromatic heterocycles. The van der Waals surface area contributed by atoms with Gasteiger partial charge in [-0.3, -0.25) is 9.59 Å². The molecule has 2 heterocycles. The summed E-state index contributed by atoms with van der Waals surface area (Å²) in [4.78, 5) is 26.7. The maximum absolute atomic E-state index is 13.4. The highest BCUT2D eigenvalue weighted by Crippen LogP contribution is 2.27. The van der Waals surface area contributed by atoms with E-state index in [0.717, 1.165) is 24.1 Å². The molecular formula is C30H25Cl3N4O3. The van der Waals surface area contributed by atoms with Gasteiger partial charge in [0.1, 0.15) is 11.4 Å². The van der Waals surface area contributed by atoms with Gasteiger partial charge in [-0.15, -0.1) is 0 Å². The van der Waals surface area contributed by atoms with Crippen molar-refractivity contribution in [3.05, 3.63) is 111 Å². The lowest BCUT2D eigenvalue weighted by atomic mass is 10.1. The zero-order valence-corrected chi connectivity index (χ0v) is 23.5. The molecule has 2 amide bonds. The third-order valence-electron chi connectivity index (χ3n) is 6.36. The van der Waals surface area contributed by atoms with Gasteiger partial charge in [-0.2, -0.15) is 5.10 Å². The number of amides is 2.